The van der Waals surface area contributed by atoms with Crippen LogP contribution in [0.1, 0.15) is 16.7 Å². The lowest BCUT2D eigenvalue weighted by Gasteiger charge is -2.10. The van der Waals surface area contributed by atoms with Gasteiger partial charge in [0.15, 0.2) is 0 Å². The first-order valence-corrected chi connectivity index (χ1v) is 6.46. The molecule has 2 N–H and O–H groups in total. The molecule has 0 spiro atoms. The van der Waals surface area contributed by atoms with E-state index in [9.17, 15) is 8.78 Å². The summed E-state index contributed by atoms with van der Waals surface area (Å²) in [5.41, 5.74) is 7.93. The summed E-state index contributed by atoms with van der Waals surface area (Å²) in [6.07, 6.45) is 0.590. The van der Waals surface area contributed by atoms with Gasteiger partial charge in [0, 0.05) is 6.07 Å². The van der Waals surface area contributed by atoms with E-state index in [1.807, 2.05) is 6.92 Å². The Balaban J connectivity index is 2.12. The monoisotopic (exact) mass is 277 g/mol. The van der Waals surface area contributed by atoms with Gasteiger partial charge in [-0.2, -0.15) is 0 Å². The van der Waals surface area contributed by atoms with Crippen LogP contribution in [-0.4, -0.2) is 6.54 Å². The molecule has 0 bridgehead atoms. The van der Waals surface area contributed by atoms with Crippen LogP contribution in [0.25, 0.3) is 0 Å². The number of hydrogen-bond acceptors (Lipinski definition) is 2. The van der Waals surface area contributed by atoms with Crippen molar-refractivity contribution in [1.82, 2.24) is 0 Å². The minimum absolute atomic E-state index is 0.203. The van der Waals surface area contributed by atoms with Crippen LogP contribution in [0, 0.1) is 18.6 Å². The number of ether oxygens (including phenoxy) is 1. The number of aryl methyl sites for hydroxylation is 1. The van der Waals surface area contributed by atoms with Gasteiger partial charge in [-0.25, -0.2) is 8.78 Å². The van der Waals surface area contributed by atoms with E-state index in [1.54, 1.807) is 12.1 Å². The molecule has 2 rings (SSSR count). The summed E-state index contributed by atoms with van der Waals surface area (Å²) in [4.78, 5) is 0. The minimum atomic E-state index is -0.359. The van der Waals surface area contributed by atoms with Crippen molar-refractivity contribution in [2.45, 2.75) is 20.0 Å². The highest BCUT2D eigenvalue weighted by Crippen LogP contribution is 2.19. The zero-order valence-electron chi connectivity index (χ0n) is 11.3. The maximum Gasteiger partial charge on any atom is 0.127 e. The van der Waals surface area contributed by atoms with Crippen LogP contribution >= 0.6 is 0 Å². The Labute approximate surface area is 117 Å². The van der Waals surface area contributed by atoms with Crippen molar-refractivity contribution >= 4 is 0 Å². The van der Waals surface area contributed by atoms with Gasteiger partial charge in [-0.3, -0.25) is 0 Å². The van der Waals surface area contributed by atoms with E-state index in [4.69, 9.17) is 10.5 Å². The smallest absolute Gasteiger partial charge is 0.127 e. The van der Waals surface area contributed by atoms with Gasteiger partial charge >= 0.3 is 0 Å². The van der Waals surface area contributed by atoms with Crippen molar-refractivity contribution < 1.29 is 13.5 Å². The molecule has 2 aromatic carbocycles. The molecule has 0 unspecified atom stereocenters. The standard InChI is InChI=1S/C16H17F2NO/c1-11-2-3-14(17)8-13(11)10-20-16-7-12(4-5-19)6-15(18)9-16/h2-3,6-9H,4-5,10,19H2,1H3. The van der Waals surface area contributed by atoms with Crippen LogP contribution in [0.5, 0.6) is 5.75 Å². The fourth-order valence-electron chi connectivity index (χ4n) is 1.97. The molecule has 0 aliphatic heterocycles. The second-order valence-corrected chi connectivity index (χ2v) is 4.69. The van der Waals surface area contributed by atoms with Crippen LogP contribution in [-0.2, 0) is 13.0 Å². The lowest BCUT2D eigenvalue weighted by Crippen LogP contribution is -2.04. The summed E-state index contributed by atoms with van der Waals surface area (Å²) in [5.74, 6) is -0.240. The summed E-state index contributed by atoms with van der Waals surface area (Å²) in [7, 11) is 0. The molecule has 0 fully saturated rings. The highest BCUT2D eigenvalue weighted by atomic mass is 19.1. The maximum atomic E-state index is 13.4. The van der Waals surface area contributed by atoms with Crippen molar-refractivity contribution in [2.24, 2.45) is 5.73 Å². The lowest BCUT2D eigenvalue weighted by molar-refractivity contribution is 0.303. The Bertz CT molecular complexity index is 599. The van der Waals surface area contributed by atoms with Crippen LogP contribution in [0.3, 0.4) is 0 Å². The molecule has 0 saturated carbocycles. The van der Waals surface area contributed by atoms with Gasteiger partial charge in [-0.1, -0.05) is 6.07 Å². The number of rotatable bonds is 5. The second-order valence-electron chi connectivity index (χ2n) is 4.69. The van der Waals surface area contributed by atoms with E-state index in [0.29, 0.717) is 18.7 Å². The summed E-state index contributed by atoms with van der Waals surface area (Å²) in [5, 5.41) is 0. The molecule has 0 saturated heterocycles. The van der Waals surface area contributed by atoms with Crippen LogP contribution in [0.4, 0.5) is 8.78 Å². The molecular formula is C16H17F2NO. The molecule has 2 nitrogen and oxygen atoms in total. The molecule has 0 aromatic heterocycles. The molecular weight excluding hydrogens is 260 g/mol. The molecule has 0 amide bonds. The van der Waals surface area contributed by atoms with Crippen molar-refractivity contribution in [1.29, 1.82) is 0 Å². The third kappa shape index (κ3) is 3.78. The van der Waals surface area contributed by atoms with E-state index < -0.39 is 0 Å². The maximum absolute atomic E-state index is 13.4. The number of hydrogen-bond donors (Lipinski definition) is 1. The first kappa shape index (κ1) is 14.5. The van der Waals surface area contributed by atoms with Gasteiger partial charge in [0.05, 0.1) is 0 Å². The van der Waals surface area contributed by atoms with Gasteiger partial charge in [0.25, 0.3) is 0 Å². The number of benzene rings is 2. The van der Waals surface area contributed by atoms with Gasteiger partial charge in [0.2, 0.25) is 0 Å². The van der Waals surface area contributed by atoms with Crippen molar-refractivity contribution in [3.8, 4) is 5.75 Å². The van der Waals surface area contributed by atoms with Crippen LogP contribution in [0.15, 0.2) is 36.4 Å². The molecule has 20 heavy (non-hydrogen) atoms. The third-order valence-corrected chi connectivity index (χ3v) is 3.07. The molecule has 0 aliphatic rings. The fourth-order valence-corrected chi connectivity index (χ4v) is 1.97. The zero-order chi connectivity index (χ0) is 14.5. The molecule has 0 heterocycles. The van der Waals surface area contributed by atoms with E-state index in [0.717, 1.165) is 16.7 Å². The van der Waals surface area contributed by atoms with Crippen LogP contribution < -0.4 is 10.5 Å². The molecule has 106 valence electrons. The molecule has 0 aliphatic carbocycles. The highest BCUT2D eigenvalue weighted by molar-refractivity contribution is 5.31. The predicted octanol–water partition coefficient (Wildman–Crippen LogP) is 3.35. The Morgan fingerprint density at radius 3 is 2.60 bits per heavy atom. The average Bonchev–Trinajstić information content (AvgIpc) is 2.40. The van der Waals surface area contributed by atoms with Crippen molar-refractivity contribution in [3.05, 3.63) is 64.7 Å². The Morgan fingerprint density at radius 1 is 1.05 bits per heavy atom. The summed E-state index contributed by atoms with van der Waals surface area (Å²) in [6.45, 7) is 2.53. The van der Waals surface area contributed by atoms with E-state index in [1.165, 1.54) is 24.3 Å². The van der Waals surface area contributed by atoms with Crippen LogP contribution in [0.2, 0.25) is 0 Å². The largest absolute Gasteiger partial charge is 0.489 e. The predicted molar refractivity (Wildman–Crippen MR) is 74.6 cm³/mol. The van der Waals surface area contributed by atoms with Gasteiger partial charge in [-0.05, 0) is 60.8 Å². The van der Waals surface area contributed by atoms with E-state index in [-0.39, 0.29) is 18.2 Å². The first-order valence-electron chi connectivity index (χ1n) is 6.46. The van der Waals surface area contributed by atoms with Crippen molar-refractivity contribution in [2.75, 3.05) is 6.54 Å². The minimum Gasteiger partial charge on any atom is -0.489 e. The van der Waals surface area contributed by atoms with Gasteiger partial charge < -0.3 is 10.5 Å². The van der Waals surface area contributed by atoms with Crippen molar-refractivity contribution in [3.63, 3.8) is 0 Å². The first-order chi connectivity index (χ1) is 9.58. The fraction of sp³-hybridized carbons (Fsp3) is 0.250. The third-order valence-electron chi connectivity index (χ3n) is 3.07. The summed E-state index contributed by atoms with van der Waals surface area (Å²) < 4.78 is 32.2. The number of halogens is 2. The quantitative estimate of drug-likeness (QED) is 0.909. The Morgan fingerprint density at radius 2 is 1.85 bits per heavy atom. The molecule has 4 heteroatoms. The normalized spacial score (nSPS) is 10.6. The Hall–Kier alpha value is -1.94. The topological polar surface area (TPSA) is 35.2 Å². The van der Waals surface area contributed by atoms with E-state index in [2.05, 4.69) is 0 Å². The molecule has 0 radical (unpaired) electrons. The SMILES string of the molecule is Cc1ccc(F)cc1COc1cc(F)cc(CCN)c1. The van der Waals surface area contributed by atoms with Gasteiger partial charge in [-0.15, -0.1) is 0 Å². The zero-order valence-corrected chi connectivity index (χ0v) is 11.3. The molecule has 2 aromatic rings. The summed E-state index contributed by atoms with van der Waals surface area (Å²) >= 11 is 0. The second kappa shape index (κ2) is 6.48. The van der Waals surface area contributed by atoms with Gasteiger partial charge in [0.1, 0.15) is 24.0 Å². The lowest BCUT2D eigenvalue weighted by atomic mass is 10.1. The summed E-state index contributed by atoms with van der Waals surface area (Å²) in [6, 6.07) is 9.03. The Kier molecular flexibility index (Phi) is 4.69. The van der Waals surface area contributed by atoms with E-state index >= 15 is 0 Å². The molecule has 0 atom stereocenters. The highest BCUT2D eigenvalue weighted by Gasteiger charge is 2.05. The number of nitrogens with two attached hydrogens (primary N) is 1. The average molecular weight is 277 g/mol.